The van der Waals surface area contributed by atoms with Crippen LogP contribution < -0.4 is 22.8 Å². The minimum absolute atomic E-state index is 0.0202. The van der Waals surface area contributed by atoms with E-state index in [4.69, 9.17) is 31.2 Å². The van der Waals surface area contributed by atoms with Crippen LogP contribution in [0.3, 0.4) is 0 Å². The van der Waals surface area contributed by atoms with Gasteiger partial charge < -0.3 is 31.2 Å². The van der Waals surface area contributed by atoms with Gasteiger partial charge in [-0.2, -0.15) is 9.97 Å². The summed E-state index contributed by atoms with van der Waals surface area (Å²) in [7, 11) is 0. The fraction of sp³-hybridized carbons (Fsp3) is 0.529. The molecule has 4 heterocycles. The number of aromatic nitrogens is 4. The van der Waals surface area contributed by atoms with Gasteiger partial charge in [0.2, 0.25) is 0 Å². The molecule has 13 heteroatoms. The molecule has 6 N–H and O–H groups in total. The highest BCUT2D eigenvalue weighted by molar-refractivity contribution is 8.00. The predicted molar refractivity (Wildman–Crippen MR) is 110 cm³/mol. The van der Waals surface area contributed by atoms with Gasteiger partial charge in [0.25, 0.3) is 0 Å². The highest BCUT2D eigenvalue weighted by Crippen LogP contribution is 2.30. The molecule has 164 valence electrons. The van der Waals surface area contributed by atoms with E-state index < -0.39 is 11.4 Å². The second kappa shape index (κ2) is 10.0. The number of hydrogen-bond acceptors (Lipinski definition) is 11. The van der Waals surface area contributed by atoms with E-state index in [9.17, 15) is 9.59 Å². The van der Waals surface area contributed by atoms with Crippen molar-refractivity contribution in [1.82, 2.24) is 19.1 Å². The molecule has 0 aromatic carbocycles. The van der Waals surface area contributed by atoms with Crippen molar-refractivity contribution in [3.05, 3.63) is 45.5 Å². The average molecular weight is 440 g/mol. The Bertz CT molecular complexity index is 891. The first-order valence-electron chi connectivity index (χ1n) is 9.24. The first kappa shape index (κ1) is 22.2. The number of ether oxygens (including phenoxy) is 2. The maximum absolute atomic E-state index is 11.5. The quantitative estimate of drug-likeness (QED) is 0.453. The third-order valence-corrected chi connectivity index (χ3v) is 5.60. The Labute approximate surface area is 175 Å². The highest BCUT2D eigenvalue weighted by atomic mass is 32.2. The second-order valence-electron chi connectivity index (χ2n) is 6.59. The van der Waals surface area contributed by atoms with Crippen LogP contribution in [-0.2, 0) is 9.47 Å². The van der Waals surface area contributed by atoms with Gasteiger partial charge in [0.1, 0.15) is 29.5 Å². The van der Waals surface area contributed by atoms with Crippen molar-refractivity contribution in [2.24, 2.45) is 0 Å². The van der Waals surface area contributed by atoms with E-state index in [1.807, 2.05) is 0 Å². The van der Waals surface area contributed by atoms with Gasteiger partial charge in [-0.25, -0.2) is 9.59 Å². The lowest BCUT2D eigenvalue weighted by atomic mass is 10.2. The maximum atomic E-state index is 11.5. The zero-order valence-electron chi connectivity index (χ0n) is 16.0. The number of nitrogens with zero attached hydrogens (tertiary/aromatic N) is 4. The Kier molecular flexibility index (Phi) is 7.44. The number of rotatable bonds is 4. The van der Waals surface area contributed by atoms with Gasteiger partial charge >= 0.3 is 11.4 Å². The maximum Gasteiger partial charge on any atom is 0.351 e. The van der Waals surface area contributed by atoms with Crippen LogP contribution in [0.15, 0.2) is 34.1 Å². The molecule has 2 aromatic heterocycles. The molecule has 2 saturated heterocycles. The van der Waals surface area contributed by atoms with Crippen LogP contribution in [-0.4, -0.2) is 59.8 Å². The summed E-state index contributed by atoms with van der Waals surface area (Å²) < 4.78 is 13.6. The Morgan fingerprint density at radius 1 is 0.967 bits per heavy atom. The normalized spacial score (nSPS) is 25.7. The van der Waals surface area contributed by atoms with Crippen LogP contribution in [0.5, 0.6) is 0 Å². The molecule has 0 spiro atoms. The Morgan fingerprint density at radius 3 is 2.03 bits per heavy atom. The molecule has 4 rings (SSSR count). The van der Waals surface area contributed by atoms with Gasteiger partial charge in [0.15, 0.2) is 0 Å². The Hall–Kier alpha value is -2.45. The van der Waals surface area contributed by atoms with Crippen molar-refractivity contribution < 1.29 is 19.7 Å². The number of aliphatic hydroxyl groups is 2. The van der Waals surface area contributed by atoms with Crippen LogP contribution in [0.25, 0.3) is 0 Å². The first-order chi connectivity index (χ1) is 14.4. The Morgan fingerprint density at radius 2 is 1.57 bits per heavy atom. The number of aliphatic hydroxyl groups excluding tert-OH is 2. The Balaban J connectivity index is 0.000000171. The lowest BCUT2D eigenvalue weighted by Gasteiger charge is -2.14. The van der Waals surface area contributed by atoms with Crippen molar-refractivity contribution in [3.63, 3.8) is 0 Å². The molecule has 0 saturated carbocycles. The summed E-state index contributed by atoms with van der Waals surface area (Å²) in [5, 5.41) is 17.8. The fourth-order valence-corrected chi connectivity index (χ4v) is 3.93. The van der Waals surface area contributed by atoms with Crippen LogP contribution in [0.4, 0.5) is 11.6 Å². The van der Waals surface area contributed by atoms with Crippen molar-refractivity contribution in [2.75, 3.05) is 30.4 Å². The van der Waals surface area contributed by atoms with Crippen LogP contribution >= 0.6 is 11.8 Å². The molecule has 2 aliphatic heterocycles. The summed E-state index contributed by atoms with van der Waals surface area (Å²) >= 11 is 1.47. The van der Waals surface area contributed by atoms with Crippen molar-refractivity contribution >= 4 is 23.4 Å². The zero-order valence-corrected chi connectivity index (χ0v) is 16.9. The minimum atomic E-state index is -0.431. The SMILES string of the molecule is Nc1ccn([C@@H]2CS[C@H](CO)O2)c(=O)n1.Nc1ccn([C@H]2CC[C@@H](CO)O2)c(=O)n1. The molecule has 2 fully saturated rings. The predicted octanol–water partition coefficient (Wildman–Crippen LogP) is -1.10. The van der Waals surface area contributed by atoms with Gasteiger partial charge in [0.05, 0.1) is 19.3 Å². The second-order valence-corrected chi connectivity index (χ2v) is 7.79. The summed E-state index contributed by atoms with van der Waals surface area (Å²) in [4.78, 5) is 30.1. The molecule has 0 unspecified atom stereocenters. The van der Waals surface area contributed by atoms with E-state index >= 15 is 0 Å². The summed E-state index contributed by atoms with van der Waals surface area (Å²) in [6.45, 7) is -0.0774. The van der Waals surface area contributed by atoms with Gasteiger partial charge in [0, 0.05) is 18.1 Å². The molecule has 4 atom stereocenters. The molecule has 12 nitrogen and oxygen atoms in total. The molecule has 0 aliphatic carbocycles. The van der Waals surface area contributed by atoms with Crippen molar-refractivity contribution in [1.29, 1.82) is 0 Å². The zero-order chi connectivity index (χ0) is 21.7. The van der Waals surface area contributed by atoms with Crippen molar-refractivity contribution in [2.45, 2.75) is 36.8 Å². The van der Waals surface area contributed by atoms with Gasteiger partial charge in [-0.3, -0.25) is 9.13 Å². The lowest BCUT2D eigenvalue weighted by Crippen LogP contribution is -2.28. The van der Waals surface area contributed by atoms with Crippen LogP contribution in [0.2, 0.25) is 0 Å². The number of hydrogen-bond donors (Lipinski definition) is 4. The lowest BCUT2D eigenvalue weighted by molar-refractivity contribution is -0.0245. The summed E-state index contributed by atoms with van der Waals surface area (Å²) in [6, 6.07) is 3.10. The molecular weight excluding hydrogens is 416 g/mol. The molecule has 30 heavy (non-hydrogen) atoms. The number of nitrogen functional groups attached to an aromatic ring is 2. The van der Waals surface area contributed by atoms with Gasteiger partial charge in [-0.05, 0) is 25.0 Å². The molecule has 0 bridgehead atoms. The number of anilines is 2. The van der Waals surface area contributed by atoms with Crippen LogP contribution in [0, 0.1) is 0 Å². The third kappa shape index (κ3) is 5.37. The molecule has 0 amide bonds. The monoisotopic (exact) mass is 440 g/mol. The van der Waals surface area contributed by atoms with Crippen molar-refractivity contribution in [3.8, 4) is 0 Å². The molecule has 0 radical (unpaired) electrons. The van der Waals surface area contributed by atoms with E-state index in [2.05, 4.69) is 9.97 Å². The molecular formula is C17H24N6O6S. The summed E-state index contributed by atoms with van der Waals surface area (Å²) in [5.74, 6) is 1.02. The van der Waals surface area contributed by atoms with Gasteiger partial charge in [-0.1, -0.05) is 0 Å². The van der Waals surface area contributed by atoms with E-state index in [1.165, 1.54) is 20.9 Å². The van der Waals surface area contributed by atoms with E-state index in [0.717, 1.165) is 6.42 Å². The number of nitrogens with two attached hydrogens (primary N) is 2. The first-order valence-corrected chi connectivity index (χ1v) is 10.3. The molecule has 2 aromatic rings. The van der Waals surface area contributed by atoms with Gasteiger partial charge in [-0.15, -0.1) is 11.8 Å². The van der Waals surface area contributed by atoms with E-state index in [0.29, 0.717) is 12.2 Å². The fourth-order valence-electron chi connectivity index (χ4n) is 3.00. The van der Waals surface area contributed by atoms with E-state index in [1.54, 1.807) is 24.5 Å². The van der Waals surface area contributed by atoms with E-state index in [-0.39, 0.29) is 48.8 Å². The third-order valence-electron chi connectivity index (χ3n) is 4.49. The molecule has 2 aliphatic rings. The average Bonchev–Trinajstić information content (AvgIpc) is 3.38. The summed E-state index contributed by atoms with van der Waals surface area (Å²) in [6.07, 6.45) is 3.69. The standard InChI is InChI=1S/C9H13N3O3.C8H11N3O3S/c10-7-3-4-12(9(14)11-7)8-2-1-6(5-13)15-8;9-5-1-2-11(8(13)10-5)6-4-15-7(3-12)14-6/h3-4,6,8,13H,1-2,5H2,(H2,10,11,14);1-2,6-7,12H,3-4H2,(H2,9,10,13)/t6-,8+;6-,7+/m00/s1. The minimum Gasteiger partial charge on any atom is -0.394 e. The highest BCUT2D eigenvalue weighted by Gasteiger charge is 2.27. The summed E-state index contributed by atoms with van der Waals surface area (Å²) in [5.41, 5.74) is 9.63. The topological polar surface area (TPSA) is 181 Å². The smallest absolute Gasteiger partial charge is 0.351 e. The van der Waals surface area contributed by atoms with Crippen LogP contribution in [0.1, 0.15) is 25.3 Å². The number of thioether (sulfide) groups is 1. The largest absolute Gasteiger partial charge is 0.394 e.